The Labute approximate surface area is 115 Å². The van der Waals surface area contributed by atoms with E-state index in [0.717, 1.165) is 0 Å². The normalized spacial score (nSPS) is 9.85. The third-order valence-corrected chi connectivity index (χ3v) is 2.46. The minimum absolute atomic E-state index is 0.0431. The van der Waals surface area contributed by atoms with Crippen LogP contribution in [0, 0.1) is 0 Å². The van der Waals surface area contributed by atoms with Gasteiger partial charge in [0, 0.05) is 24.5 Å². The smallest absolute Gasteiger partial charge is 0.278 e. The lowest BCUT2D eigenvalue weighted by Crippen LogP contribution is -2.13. The van der Waals surface area contributed by atoms with Crippen LogP contribution in [0.5, 0.6) is 5.75 Å². The predicted octanol–water partition coefficient (Wildman–Crippen LogP) is 2.00. The highest BCUT2D eigenvalue weighted by molar-refractivity contribution is 6.04. The van der Waals surface area contributed by atoms with Crippen LogP contribution in [0.3, 0.4) is 0 Å². The van der Waals surface area contributed by atoms with Crippen LogP contribution in [-0.2, 0) is 4.79 Å². The number of rotatable bonds is 3. The zero-order chi connectivity index (χ0) is 14.5. The second kappa shape index (κ2) is 5.83. The van der Waals surface area contributed by atoms with Crippen LogP contribution in [0.1, 0.15) is 17.4 Å². The first kappa shape index (κ1) is 13.5. The van der Waals surface area contributed by atoms with Gasteiger partial charge in [-0.3, -0.25) is 9.59 Å². The van der Waals surface area contributed by atoms with Gasteiger partial charge in [0.25, 0.3) is 5.91 Å². The lowest BCUT2D eigenvalue weighted by atomic mass is 10.2. The van der Waals surface area contributed by atoms with Gasteiger partial charge in [0.05, 0.1) is 0 Å². The molecule has 0 atom stereocenters. The Bertz CT molecular complexity index is 638. The Morgan fingerprint density at radius 3 is 2.20 bits per heavy atom. The SMILES string of the molecule is CC(=O)Nc1ccc(NC(=O)c2ncccc2O)cc1. The van der Waals surface area contributed by atoms with E-state index in [1.54, 1.807) is 24.3 Å². The zero-order valence-electron chi connectivity index (χ0n) is 10.8. The van der Waals surface area contributed by atoms with Gasteiger partial charge in [-0.2, -0.15) is 0 Å². The summed E-state index contributed by atoms with van der Waals surface area (Å²) in [5, 5.41) is 14.8. The molecule has 0 unspecified atom stereocenters. The molecule has 6 heteroatoms. The topological polar surface area (TPSA) is 91.3 Å². The largest absolute Gasteiger partial charge is 0.505 e. The minimum atomic E-state index is -0.504. The average Bonchev–Trinajstić information content (AvgIpc) is 2.41. The van der Waals surface area contributed by atoms with E-state index in [2.05, 4.69) is 15.6 Å². The van der Waals surface area contributed by atoms with Gasteiger partial charge in [-0.25, -0.2) is 4.98 Å². The lowest BCUT2D eigenvalue weighted by molar-refractivity contribution is -0.114. The van der Waals surface area contributed by atoms with Crippen molar-refractivity contribution in [2.45, 2.75) is 6.92 Å². The fourth-order valence-corrected chi connectivity index (χ4v) is 1.60. The molecule has 2 amide bonds. The Hall–Kier alpha value is -2.89. The van der Waals surface area contributed by atoms with Crippen molar-refractivity contribution in [3.8, 4) is 5.75 Å². The van der Waals surface area contributed by atoms with Gasteiger partial charge >= 0.3 is 0 Å². The van der Waals surface area contributed by atoms with Crippen molar-refractivity contribution in [1.82, 2.24) is 4.98 Å². The summed E-state index contributed by atoms with van der Waals surface area (Å²) >= 11 is 0. The summed E-state index contributed by atoms with van der Waals surface area (Å²) in [6, 6.07) is 9.53. The Kier molecular flexibility index (Phi) is 3.95. The van der Waals surface area contributed by atoms with Gasteiger partial charge in [0.15, 0.2) is 5.69 Å². The molecule has 3 N–H and O–H groups in total. The van der Waals surface area contributed by atoms with Crippen LogP contribution in [0.4, 0.5) is 11.4 Å². The van der Waals surface area contributed by atoms with Gasteiger partial charge in [-0.1, -0.05) is 0 Å². The standard InChI is InChI=1S/C14H13N3O3/c1-9(18)16-10-4-6-11(7-5-10)17-14(20)13-12(19)3-2-8-15-13/h2-8,19H,1H3,(H,16,18)(H,17,20). The van der Waals surface area contributed by atoms with E-state index in [1.165, 1.54) is 25.3 Å². The van der Waals surface area contributed by atoms with Gasteiger partial charge < -0.3 is 15.7 Å². The molecule has 1 heterocycles. The molecular formula is C14H13N3O3. The Morgan fingerprint density at radius 1 is 1.05 bits per heavy atom. The van der Waals surface area contributed by atoms with Crippen LogP contribution in [0.25, 0.3) is 0 Å². The molecule has 6 nitrogen and oxygen atoms in total. The van der Waals surface area contributed by atoms with Crippen molar-refractivity contribution in [3.05, 3.63) is 48.3 Å². The summed E-state index contributed by atoms with van der Waals surface area (Å²) in [6.45, 7) is 1.42. The maximum absolute atomic E-state index is 11.9. The maximum atomic E-state index is 11.9. The fourth-order valence-electron chi connectivity index (χ4n) is 1.60. The van der Waals surface area contributed by atoms with Crippen LogP contribution < -0.4 is 10.6 Å². The maximum Gasteiger partial charge on any atom is 0.278 e. The molecule has 0 saturated heterocycles. The number of hydrogen-bond acceptors (Lipinski definition) is 4. The molecule has 1 aromatic heterocycles. The van der Waals surface area contributed by atoms with E-state index >= 15 is 0 Å². The number of aromatic nitrogens is 1. The first-order chi connectivity index (χ1) is 9.56. The zero-order valence-corrected chi connectivity index (χ0v) is 10.8. The summed E-state index contributed by atoms with van der Waals surface area (Å²) in [7, 11) is 0. The summed E-state index contributed by atoms with van der Waals surface area (Å²) in [5.41, 5.74) is 1.13. The molecule has 0 aliphatic heterocycles. The van der Waals surface area contributed by atoms with E-state index in [-0.39, 0.29) is 17.4 Å². The number of carbonyl (C=O) groups excluding carboxylic acids is 2. The number of nitrogens with one attached hydrogen (secondary N) is 2. The molecule has 20 heavy (non-hydrogen) atoms. The van der Waals surface area contributed by atoms with Crippen molar-refractivity contribution in [2.24, 2.45) is 0 Å². The second-order valence-electron chi connectivity index (χ2n) is 4.08. The first-order valence-corrected chi connectivity index (χ1v) is 5.89. The molecule has 0 aliphatic rings. The molecule has 2 rings (SSSR count). The summed E-state index contributed by atoms with van der Waals surface area (Å²) in [4.78, 5) is 26.6. The number of hydrogen-bond donors (Lipinski definition) is 3. The van der Waals surface area contributed by atoms with Crippen LogP contribution in [0.15, 0.2) is 42.6 Å². The molecule has 0 saturated carbocycles. The minimum Gasteiger partial charge on any atom is -0.505 e. The highest BCUT2D eigenvalue weighted by Crippen LogP contribution is 2.17. The number of anilines is 2. The second-order valence-corrected chi connectivity index (χ2v) is 4.08. The molecule has 2 aromatic rings. The highest BCUT2D eigenvalue weighted by atomic mass is 16.3. The van der Waals surface area contributed by atoms with Gasteiger partial charge in [0.1, 0.15) is 5.75 Å². The van der Waals surface area contributed by atoms with E-state index in [9.17, 15) is 14.7 Å². The number of pyridine rings is 1. The highest BCUT2D eigenvalue weighted by Gasteiger charge is 2.12. The van der Waals surface area contributed by atoms with Crippen molar-refractivity contribution in [2.75, 3.05) is 10.6 Å². The molecular weight excluding hydrogens is 258 g/mol. The molecule has 0 spiro atoms. The van der Waals surface area contributed by atoms with Gasteiger partial charge in [0.2, 0.25) is 5.91 Å². The molecule has 0 bridgehead atoms. The van der Waals surface area contributed by atoms with Gasteiger partial charge in [-0.05, 0) is 36.4 Å². The van der Waals surface area contributed by atoms with Crippen LogP contribution in [-0.4, -0.2) is 21.9 Å². The van der Waals surface area contributed by atoms with Crippen molar-refractivity contribution >= 4 is 23.2 Å². The van der Waals surface area contributed by atoms with Crippen LogP contribution in [0.2, 0.25) is 0 Å². The molecule has 1 aromatic carbocycles. The predicted molar refractivity (Wildman–Crippen MR) is 74.6 cm³/mol. The van der Waals surface area contributed by atoms with Crippen LogP contribution >= 0.6 is 0 Å². The number of aromatic hydroxyl groups is 1. The number of nitrogens with zero attached hydrogens (tertiary/aromatic N) is 1. The number of carbonyl (C=O) groups is 2. The van der Waals surface area contributed by atoms with Gasteiger partial charge in [-0.15, -0.1) is 0 Å². The summed E-state index contributed by atoms with van der Waals surface area (Å²) in [6.07, 6.45) is 1.43. The Balaban J connectivity index is 2.09. The van der Waals surface area contributed by atoms with Crippen molar-refractivity contribution in [1.29, 1.82) is 0 Å². The third-order valence-electron chi connectivity index (χ3n) is 2.46. The molecule has 0 fully saturated rings. The molecule has 102 valence electrons. The average molecular weight is 271 g/mol. The summed E-state index contributed by atoms with van der Waals surface area (Å²) in [5.74, 6) is -0.851. The van der Waals surface area contributed by atoms with Crippen molar-refractivity contribution in [3.63, 3.8) is 0 Å². The Morgan fingerprint density at radius 2 is 1.65 bits per heavy atom. The first-order valence-electron chi connectivity index (χ1n) is 5.89. The molecule has 0 radical (unpaired) electrons. The van der Waals surface area contributed by atoms with E-state index in [4.69, 9.17) is 0 Å². The quantitative estimate of drug-likeness (QED) is 0.796. The lowest BCUT2D eigenvalue weighted by Gasteiger charge is -2.07. The monoisotopic (exact) mass is 271 g/mol. The van der Waals surface area contributed by atoms with E-state index in [1.807, 2.05) is 0 Å². The summed E-state index contributed by atoms with van der Waals surface area (Å²) < 4.78 is 0. The number of amides is 2. The fraction of sp³-hybridized carbons (Fsp3) is 0.0714. The molecule has 0 aliphatic carbocycles. The van der Waals surface area contributed by atoms with Crippen molar-refractivity contribution < 1.29 is 14.7 Å². The third kappa shape index (κ3) is 3.32. The number of benzene rings is 1. The van der Waals surface area contributed by atoms with E-state index < -0.39 is 5.91 Å². The van der Waals surface area contributed by atoms with E-state index in [0.29, 0.717) is 11.4 Å².